The van der Waals surface area contributed by atoms with Crippen LogP contribution >= 0.6 is 23.2 Å². The first-order valence-corrected chi connectivity index (χ1v) is 14.9. The molecule has 10 heteroatoms. The van der Waals surface area contributed by atoms with Gasteiger partial charge in [0, 0.05) is 17.6 Å². The number of hydrogen-bond acceptors (Lipinski definition) is 4. The smallest absolute Gasteiger partial charge is 0.264 e. The number of nitrogens with one attached hydrogen (secondary N) is 1. The van der Waals surface area contributed by atoms with E-state index in [2.05, 4.69) is 5.32 Å². The fourth-order valence-electron chi connectivity index (χ4n) is 3.95. The van der Waals surface area contributed by atoms with Gasteiger partial charge in [-0.05, 0) is 62.6 Å². The number of rotatable bonds is 12. The van der Waals surface area contributed by atoms with Crippen LogP contribution in [-0.4, -0.2) is 50.3 Å². The molecule has 0 radical (unpaired) electrons. The molecule has 3 aromatic rings. The quantitative estimate of drug-likeness (QED) is 0.299. The van der Waals surface area contributed by atoms with Crippen LogP contribution in [0.4, 0.5) is 5.69 Å². The van der Waals surface area contributed by atoms with E-state index < -0.39 is 28.5 Å². The molecule has 0 fully saturated rings. The first-order chi connectivity index (χ1) is 18.5. The normalized spacial score (nSPS) is 12.8. The van der Waals surface area contributed by atoms with Gasteiger partial charge in [-0.15, -0.1) is 0 Å². The second kappa shape index (κ2) is 13.8. The van der Waals surface area contributed by atoms with Gasteiger partial charge in [0.15, 0.2) is 0 Å². The van der Waals surface area contributed by atoms with Gasteiger partial charge in [0.2, 0.25) is 11.8 Å². The summed E-state index contributed by atoms with van der Waals surface area (Å²) in [5.41, 5.74) is 1.05. The van der Waals surface area contributed by atoms with Crippen LogP contribution in [0.5, 0.6) is 0 Å². The number of hydrogen-bond donors (Lipinski definition) is 1. The van der Waals surface area contributed by atoms with Gasteiger partial charge in [-0.2, -0.15) is 0 Å². The molecule has 0 aromatic heterocycles. The lowest BCUT2D eigenvalue weighted by atomic mass is 10.1. The van der Waals surface area contributed by atoms with Crippen LogP contribution in [0.15, 0.2) is 83.8 Å². The zero-order chi connectivity index (χ0) is 28.6. The van der Waals surface area contributed by atoms with Gasteiger partial charge in [-0.3, -0.25) is 13.9 Å². The summed E-state index contributed by atoms with van der Waals surface area (Å²) in [6, 6.07) is 20.9. The van der Waals surface area contributed by atoms with Gasteiger partial charge in [0.05, 0.1) is 15.6 Å². The van der Waals surface area contributed by atoms with Crippen LogP contribution in [0.1, 0.15) is 32.8 Å². The molecule has 2 unspecified atom stereocenters. The molecule has 1 N–H and O–H groups in total. The molecule has 0 bridgehead atoms. The molecule has 3 aromatic carbocycles. The van der Waals surface area contributed by atoms with Crippen molar-refractivity contribution >= 4 is 50.7 Å². The Balaban J connectivity index is 2.00. The molecule has 3 rings (SSSR count). The number of nitrogens with zero attached hydrogens (tertiary/aromatic N) is 2. The maximum absolute atomic E-state index is 13.9. The summed E-state index contributed by atoms with van der Waals surface area (Å²) in [6.07, 6.45) is 1.21. The third-order valence-electron chi connectivity index (χ3n) is 6.44. The van der Waals surface area contributed by atoms with Crippen molar-refractivity contribution < 1.29 is 18.0 Å². The van der Waals surface area contributed by atoms with E-state index in [0.717, 1.165) is 16.3 Å². The Hall–Kier alpha value is -3.07. The Kier molecular flexibility index (Phi) is 10.8. The van der Waals surface area contributed by atoms with Crippen LogP contribution in [0, 0.1) is 0 Å². The number of anilines is 1. The lowest BCUT2D eigenvalue weighted by Gasteiger charge is -2.32. The fraction of sp³-hybridized carbons (Fsp3) is 0.310. The van der Waals surface area contributed by atoms with Crippen molar-refractivity contribution in [3.8, 4) is 0 Å². The fourth-order valence-corrected chi connectivity index (χ4v) is 5.83. The molecular formula is C29H33Cl2N3O4S. The van der Waals surface area contributed by atoms with Crippen molar-refractivity contribution in [3.05, 3.63) is 94.5 Å². The van der Waals surface area contributed by atoms with Gasteiger partial charge in [0.1, 0.15) is 12.6 Å². The molecule has 0 saturated heterocycles. The van der Waals surface area contributed by atoms with Crippen LogP contribution in [0.2, 0.25) is 10.0 Å². The Morgan fingerprint density at radius 2 is 1.54 bits per heavy atom. The van der Waals surface area contributed by atoms with E-state index in [1.54, 1.807) is 25.1 Å². The first kappa shape index (κ1) is 30.5. The van der Waals surface area contributed by atoms with Gasteiger partial charge in [-0.1, -0.05) is 78.7 Å². The number of carbonyl (C=O) groups is 2. The first-order valence-electron chi connectivity index (χ1n) is 12.7. The van der Waals surface area contributed by atoms with Crippen LogP contribution in [0.3, 0.4) is 0 Å². The highest BCUT2D eigenvalue weighted by molar-refractivity contribution is 7.92. The summed E-state index contributed by atoms with van der Waals surface area (Å²) in [7, 11) is -4.22. The van der Waals surface area contributed by atoms with Crippen LogP contribution in [-0.2, 0) is 26.0 Å². The summed E-state index contributed by atoms with van der Waals surface area (Å²) in [4.78, 5) is 28.4. The Morgan fingerprint density at radius 3 is 2.15 bits per heavy atom. The second-order valence-electron chi connectivity index (χ2n) is 9.24. The maximum Gasteiger partial charge on any atom is 0.264 e. The molecule has 0 aliphatic carbocycles. The number of carbonyl (C=O) groups excluding carboxylic acids is 2. The monoisotopic (exact) mass is 589 g/mol. The summed E-state index contributed by atoms with van der Waals surface area (Å²) in [5, 5.41) is 3.29. The Morgan fingerprint density at radius 1 is 0.923 bits per heavy atom. The lowest BCUT2D eigenvalue weighted by molar-refractivity contribution is -0.139. The average molecular weight is 591 g/mol. The van der Waals surface area contributed by atoms with Crippen molar-refractivity contribution in [1.82, 2.24) is 10.2 Å². The van der Waals surface area contributed by atoms with Crippen LogP contribution in [0.25, 0.3) is 0 Å². The van der Waals surface area contributed by atoms with Crippen LogP contribution < -0.4 is 9.62 Å². The number of amides is 2. The van der Waals surface area contributed by atoms with Crippen molar-refractivity contribution in [2.45, 2.75) is 50.6 Å². The summed E-state index contributed by atoms with van der Waals surface area (Å²) in [5.74, 6) is -0.864. The van der Waals surface area contributed by atoms with Crippen molar-refractivity contribution in [1.29, 1.82) is 0 Å². The highest BCUT2D eigenvalue weighted by atomic mass is 35.5. The standard InChI is InChI=1S/C29H33Cl2N3O4S/c1-4-21(2)32-29(36)22(3)33(18-17-23-11-7-5-8-12-23)28(35)20-34(27-19-24(30)15-16-26(27)31)39(37,38)25-13-9-6-10-14-25/h5-16,19,21-22H,4,17-18,20H2,1-3H3,(H,32,36). The Labute approximate surface area is 240 Å². The highest BCUT2D eigenvalue weighted by Crippen LogP contribution is 2.33. The van der Waals surface area contributed by atoms with E-state index >= 15 is 0 Å². The summed E-state index contributed by atoms with van der Waals surface area (Å²) < 4.78 is 28.5. The zero-order valence-corrected chi connectivity index (χ0v) is 24.5. The molecule has 7 nitrogen and oxygen atoms in total. The second-order valence-corrected chi connectivity index (χ2v) is 11.9. The topological polar surface area (TPSA) is 86.8 Å². The van der Waals surface area contributed by atoms with E-state index in [-0.39, 0.29) is 39.1 Å². The van der Waals surface area contributed by atoms with Gasteiger partial charge in [-0.25, -0.2) is 8.42 Å². The molecule has 0 spiro atoms. The highest BCUT2D eigenvalue weighted by Gasteiger charge is 2.33. The third kappa shape index (κ3) is 7.97. The molecule has 2 amide bonds. The predicted octanol–water partition coefficient (Wildman–Crippen LogP) is 5.56. The van der Waals surface area contributed by atoms with Gasteiger partial charge < -0.3 is 10.2 Å². The predicted molar refractivity (Wildman–Crippen MR) is 157 cm³/mol. The molecule has 0 aliphatic heterocycles. The minimum absolute atomic E-state index is 0.00719. The molecule has 0 saturated carbocycles. The maximum atomic E-state index is 13.9. The Bertz CT molecular complexity index is 1370. The molecule has 208 valence electrons. The van der Waals surface area contributed by atoms with E-state index in [9.17, 15) is 18.0 Å². The SMILES string of the molecule is CCC(C)NC(=O)C(C)N(CCc1ccccc1)C(=O)CN(c1cc(Cl)ccc1Cl)S(=O)(=O)c1ccccc1. The largest absolute Gasteiger partial charge is 0.352 e. The number of benzene rings is 3. The van der Waals surface area contributed by atoms with Gasteiger partial charge >= 0.3 is 0 Å². The van der Waals surface area contributed by atoms with E-state index in [0.29, 0.717) is 6.42 Å². The van der Waals surface area contributed by atoms with E-state index in [1.807, 2.05) is 44.2 Å². The lowest BCUT2D eigenvalue weighted by Crippen LogP contribution is -2.53. The molecule has 39 heavy (non-hydrogen) atoms. The number of halogens is 2. The molecular weight excluding hydrogens is 557 g/mol. The molecule has 0 aliphatic rings. The summed E-state index contributed by atoms with van der Waals surface area (Å²) in [6.45, 7) is 5.11. The van der Waals surface area contributed by atoms with E-state index in [1.165, 1.54) is 35.2 Å². The van der Waals surface area contributed by atoms with E-state index in [4.69, 9.17) is 23.2 Å². The molecule has 2 atom stereocenters. The molecule has 0 heterocycles. The minimum atomic E-state index is -4.22. The minimum Gasteiger partial charge on any atom is -0.352 e. The van der Waals surface area contributed by atoms with Crippen molar-refractivity contribution in [3.63, 3.8) is 0 Å². The van der Waals surface area contributed by atoms with Crippen molar-refractivity contribution in [2.24, 2.45) is 0 Å². The zero-order valence-electron chi connectivity index (χ0n) is 22.2. The van der Waals surface area contributed by atoms with Gasteiger partial charge in [0.25, 0.3) is 10.0 Å². The third-order valence-corrected chi connectivity index (χ3v) is 8.77. The summed E-state index contributed by atoms with van der Waals surface area (Å²) >= 11 is 12.6. The number of sulfonamides is 1. The van der Waals surface area contributed by atoms with Crippen molar-refractivity contribution in [2.75, 3.05) is 17.4 Å². The average Bonchev–Trinajstić information content (AvgIpc) is 2.94.